The molecule has 102 valence electrons. The van der Waals surface area contributed by atoms with Crippen molar-refractivity contribution in [2.24, 2.45) is 0 Å². The van der Waals surface area contributed by atoms with E-state index in [0.717, 1.165) is 5.56 Å². The van der Waals surface area contributed by atoms with Crippen LogP contribution < -0.4 is 5.32 Å². The zero-order valence-electron chi connectivity index (χ0n) is 11.2. The second-order valence-corrected chi connectivity index (χ2v) is 4.10. The number of halogens is 1. The number of carbonyl (C=O) groups is 1. The highest BCUT2D eigenvalue weighted by atomic mass is 19.1. The molecule has 0 aliphatic carbocycles. The van der Waals surface area contributed by atoms with Gasteiger partial charge in [-0.2, -0.15) is 5.26 Å². The number of amides is 1. The van der Waals surface area contributed by atoms with Crippen molar-refractivity contribution in [3.8, 4) is 6.07 Å². The van der Waals surface area contributed by atoms with Crippen LogP contribution in [0.25, 0.3) is 0 Å². The standard InChI is InChI=1S/C14H18FN3O/c1-3-18(4-2)14(19)10-17-9-11-5-6-13(15)12(7-11)8-16/h5-7,17H,3-4,9-10H2,1-2H3. The Hall–Kier alpha value is -1.93. The second-order valence-electron chi connectivity index (χ2n) is 4.10. The fourth-order valence-electron chi connectivity index (χ4n) is 1.77. The largest absolute Gasteiger partial charge is 0.342 e. The van der Waals surface area contributed by atoms with E-state index in [1.807, 2.05) is 13.8 Å². The summed E-state index contributed by atoms with van der Waals surface area (Å²) in [4.78, 5) is 13.5. The third-order valence-corrected chi connectivity index (χ3v) is 2.87. The van der Waals surface area contributed by atoms with Gasteiger partial charge in [0.05, 0.1) is 12.1 Å². The monoisotopic (exact) mass is 263 g/mol. The average molecular weight is 263 g/mol. The number of rotatable bonds is 6. The molecule has 0 radical (unpaired) electrons. The first-order valence-corrected chi connectivity index (χ1v) is 6.29. The summed E-state index contributed by atoms with van der Waals surface area (Å²) in [5, 5.41) is 11.7. The van der Waals surface area contributed by atoms with E-state index in [0.29, 0.717) is 19.6 Å². The summed E-state index contributed by atoms with van der Waals surface area (Å²) < 4.78 is 13.1. The molecule has 0 aliphatic rings. The molecule has 0 aromatic heterocycles. The fourth-order valence-corrected chi connectivity index (χ4v) is 1.77. The van der Waals surface area contributed by atoms with Crippen LogP contribution in [0.5, 0.6) is 0 Å². The number of likely N-dealkylation sites (N-methyl/N-ethyl adjacent to an activating group) is 1. The first kappa shape index (κ1) is 15.1. The summed E-state index contributed by atoms with van der Waals surface area (Å²) in [6.45, 7) is 5.91. The minimum Gasteiger partial charge on any atom is -0.342 e. The predicted molar refractivity (Wildman–Crippen MR) is 70.7 cm³/mol. The first-order valence-electron chi connectivity index (χ1n) is 6.29. The van der Waals surface area contributed by atoms with Crippen molar-refractivity contribution in [2.45, 2.75) is 20.4 Å². The number of nitriles is 1. The van der Waals surface area contributed by atoms with Gasteiger partial charge in [0.25, 0.3) is 0 Å². The molecular formula is C14H18FN3O. The number of hydrogen-bond donors (Lipinski definition) is 1. The van der Waals surface area contributed by atoms with E-state index in [9.17, 15) is 9.18 Å². The van der Waals surface area contributed by atoms with Crippen LogP contribution in [-0.4, -0.2) is 30.4 Å². The molecule has 0 spiro atoms. The third kappa shape index (κ3) is 4.34. The summed E-state index contributed by atoms with van der Waals surface area (Å²) in [6, 6.07) is 6.15. The Morgan fingerprint density at radius 2 is 2.11 bits per heavy atom. The molecule has 0 atom stereocenters. The lowest BCUT2D eigenvalue weighted by Crippen LogP contribution is -2.37. The van der Waals surface area contributed by atoms with E-state index >= 15 is 0 Å². The van der Waals surface area contributed by atoms with Crippen LogP contribution in [0.2, 0.25) is 0 Å². The molecule has 1 aromatic rings. The lowest BCUT2D eigenvalue weighted by molar-refractivity contribution is -0.129. The van der Waals surface area contributed by atoms with Gasteiger partial charge < -0.3 is 10.2 Å². The van der Waals surface area contributed by atoms with E-state index in [2.05, 4.69) is 5.32 Å². The average Bonchev–Trinajstić information content (AvgIpc) is 2.42. The van der Waals surface area contributed by atoms with Gasteiger partial charge in [0.15, 0.2) is 0 Å². The molecule has 0 unspecified atom stereocenters. The van der Waals surface area contributed by atoms with Crippen LogP contribution in [-0.2, 0) is 11.3 Å². The lowest BCUT2D eigenvalue weighted by Gasteiger charge is -2.18. The molecule has 19 heavy (non-hydrogen) atoms. The van der Waals surface area contributed by atoms with Crippen molar-refractivity contribution in [2.75, 3.05) is 19.6 Å². The van der Waals surface area contributed by atoms with Crippen LogP contribution in [0.15, 0.2) is 18.2 Å². The third-order valence-electron chi connectivity index (χ3n) is 2.87. The minimum atomic E-state index is -0.523. The van der Waals surface area contributed by atoms with E-state index in [1.165, 1.54) is 12.1 Å². The molecule has 5 heteroatoms. The number of nitrogens with one attached hydrogen (secondary N) is 1. The van der Waals surface area contributed by atoms with Gasteiger partial charge >= 0.3 is 0 Å². The van der Waals surface area contributed by atoms with Gasteiger partial charge in [-0.1, -0.05) is 6.07 Å². The van der Waals surface area contributed by atoms with E-state index in [-0.39, 0.29) is 18.0 Å². The zero-order chi connectivity index (χ0) is 14.3. The maximum atomic E-state index is 13.1. The van der Waals surface area contributed by atoms with Gasteiger partial charge in [-0.05, 0) is 31.5 Å². The lowest BCUT2D eigenvalue weighted by atomic mass is 10.1. The summed E-state index contributed by atoms with van der Waals surface area (Å²) >= 11 is 0. The molecule has 4 nitrogen and oxygen atoms in total. The normalized spacial score (nSPS) is 10.0. The molecule has 1 rings (SSSR count). The van der Waals surface area contributed by atoms with Gasteiger partial charge in [0.2, 0.25) is 5.91 Å². The van der Waals surface area contributed by atoms with Gasteiger partial charge in [0.1, 0.15) is 11.9 Å². The predicted octanol–water partition coefficient (Wildman–Crippen LogP) is 1.66. The van der Waals surface area contributed by atoms with E-state index < -0.39 is 5.82 Å². The number of hydrogen-bond acceptors (Lipinski definition) is 3. The van der Waals surface area contributed by atoms with Crippen LogP contribution in [0, 0.1) is 17.1 Å². The van der Waals surface area contributed by atoms with E-state index in [1.54, 1.807) is 17.0 Å². The van der Waals surface area contributed by atoms with Gasteiger partial charge in [-0.25, -0.2) is 4.39 Å². The molecule has 0 fully saturated rings. The van der Waals surface area contributed by atoms with E-state index in [4.69, 9.17) is 5.26 Å². The number of carbonyl (C=O) groups excluding carboxylic acids is 1. The Bertz CT molecular complexity index is 478. The van der Waals surface area contributed by atoms with Crippen molar-refractivity contribution >= 4 is 5.91 Å². The topological polar surface area (TPSA) is 56.1 Å². The zero-order valence-corrected chi connectivity index (χ0v) is 11.2. The summed E-state index contributed by atoms with van der Waals surface area (Å²) in [5.74, 6) is -0.488. The minimum absolute atomic E-state index is 0.0226. The number of nitrogens with zero attached hydrogens (tertiary/aromatic N) is 2. The smallest absolute Gasteiger partial charge is 0.236 e. The van der Waals surface area contributed by atoms with Crippen LogP contribution in [0.3, 0.4) is 0 Å². The molecule has 0 aliphatic heterocycles. The first-order chi connectivity index (χ1) is 9.12. The van der Waals surface area contributed by atoms with Crippen molar-refractivity contribution in [1.82, 2.24) is 10.2 Å². The maximum absolute atomic E-state index is 13.1. The van der Waals surface area contributed by atoms with Crippen molar-refractivity contribution in [3.05, 3.63) is 35.1 Å². The molecule has 0 heterocycles. The molecule has 0 saturated heterocycles. The highest BCUT2D eigenvalue weighted by Crippen LogP contribution is 2.09. The molecule has 1 aromatic carbocycles. The van der Waals surface area contributed by atoms with Crippen molar-refractivity contribution < 1.29 is 9.18 Å². The molecule has 1 N–H and O–H groups in total. The van der Waals surface area contributed by atoms with Gasteiger partial charge in [-0.3, -0.25) is 4.79 Å². The highest BCUT2D eigenvalue weighted by Gasteiger charge is 2.08. The van der Waals surface area contributed by atoms with Crippen LogP contribution >= 0.6 is 0 Å². The Morgan fingerprint density at radius 1 is 1.42 bits per heavy atom. The SMILES string of the molecule is CCN(CC)C(=O)CNCc1ccc(F)c(C#N)c1. The number of benzene rings is 1. The summed E-state index contributed by atoms with van der Waals surface area (Å²) in [6.07, 6.45) is 0. The summed E-state index contributed by atoms with van der Waals surface area (Å²) in [7, 11) is 0. The molecule has 1 amide bonds. The Labute approximate surface area is 112 Å². The Morgan fingerprint density at radius 3 is 2.68 bits per heavy atom. The van der Waals surface area contributed by atoms with Crippen LogP contribution in [0.4, 0.5) is 4.39 Å². The Kier molecular flexibility index (Phi) is 5.97. The van der Waals surface area contributed by atoms with Gasteiger partial charge in [0, 0.05) is 19.6 Å². The van der Waals surface area contributed by atoms with Crippen molar-refractivity contribution in [1.29, 1.82) is 5.26 Å². The van der Waals surface area contributed by atoms with Crippen molar-refractivity contribution in [3.63, 3.8) is 0 Å². The van der Waals surface area contributed by atoms with Gasteiger partial charge in [-0.15, -0.1) is 0 Å². The highest BCUT2D eigenvalue weighted by molar-refractivity contribution is 5.78. The summed E-state index contributed by atoms with van der Waals surface area (Å²) in [5.41, 5.74) is 0.805. The molecule has 0 saturated carbocycles. The molecule has 0 bridgehead atoms. The quantitative estimate of drug-likeness (QED) is 0.849. The van der Waals surface area contributed by atoms with Crippen LogP contribution in [0.1, 0.15) is 25.0 Å². The Balaban J connectivity index is 2.50. The molecular weight excluding hydrogens is 245 g/mol. The maximum Gasteiger partial charge on any atom is 0.236 e. The fraction of sp³-hybridized carbons (Fsp3) is 0.429. The second kappa shape index (κ2) is 7.49.